The number of benzene rings is 2. The molecule has 23 heavy (non-hydrogen) atoms. The van der Waals surface area contributed by atoms with E-state index in [1.54, 1.807) is 6.07 Å². The molecule has 0 aliphatic heterocycles. The zero-order valence-corrected chi connectivity index (χ0v) is 14.0. The molecule has 0 aromatic heterocycles. The molecule has 0 heterocycles. The Kier molecular flexibility index (Phi) is 5.80. The number of amides is 1. The molecule has 0 unspecified atom stereocenters. The summed E-state index contributed by atoms with van der Waals surface area (Å²) in [6.45, 7) is 6.04. The molecule has 0 aliphatic carbocycles. The molecule has 2 aromatic rings. The summed E-state index contributed by atoms with van der Waals surface area (Å²) in [4.78, 5) is 12.4. The molecular formula is C20H25NO2. The summed E-state index contributed by atoms with van der Waals surface area (Å²) in [6.07, 6.45) is 1.23. The van der Waals surface area contributed by atoms with E-state index in [2.05, 4.69) is 5.32 Å². The number of hydrogen-bond acceptors (Lipinski definition) is 2. The first-order valence-corrected chi connectivity index (χ1v) is 8.15. The Balaban J connectivity index is 2.33. The largest absolute Gasteiger partial charge is 0.508 e. The van der Waals surface area contributed by atoms with Crippen LogP contribution in [0.25, 0.3) is 0 Å². The smallest absolute Gasteiger partial charge is 0.221 e. The lowest BCUT2D eigenvalue weighted by molar-refractivity contribution is -0.121. The van der Waals surface area contributed by atoms with Crippen LogP contribution in [0.4, 0.5) is 0 Å². The van der Waals surface area contributed by atoms with Gasteiger partial charge in [-0.25, -0.2) is 0 Å². The fourth-order valence-corrected chi connectivity index (χ4v) is 2.67. The van der Waals surface area contributed by atoms with Crippen LogP contribution in [-0.4, -0.2) is 17.1 Å². The second kappa shape index (κ2) is 7.82. The maximum atomic E-state index is 12.4. The molecule has 0 bridgehead atoms. The highest BCUT2D eigenvalue weighted by molar-refractivity contribution is 5.78. The lowest BCUT2D eigenvalue weighted by atomic mass is 9.87. The molecule has 0 radical (unpaired) electrons. The van der Waals surface area contributed by atoms with Crippen molar-refractivity contribution >= 4 is 5.91 Å². The molecule has 0 saturated carbocycles. The van der Waals surface area contributed by atoms with Crippen molar-refractivity contribution in [1.82, 2.24) is 5.32 Å². The van der Waals surface area contributed by atoms with Gasteiger partial charge in [0.25, 0.3) is 0 Å². The van der Waals surface area contributed by atoms with Crippen LogP contribution in [0.2, 0.25) is 0 Å². The van der Waals surface area contributed by atoms with Gasteiger partial charge in [-0.1, -0.05) is 55.0 Å². The predicted molar refractivity (Wildman–Crippen MR) is 93.6 cm³/mol. The van der Waals surface area contributed by atoms with Crippen molar-refractivity contribution in [2.24, 2.45) is 0 Å². The molecule has 3 heteroatoms. The minimum absolute atomic E-state index is 0.00843. The minimum Gasteiger partial charge on any atom is -0.508 e. The van der Waals surface area contributed by atoms with Crippen molar-refractivity contribution in [2.75, 3.05) is 0 Å². The summed E-state index contributed by atoms with van der Waals surface area (Å²) in [5.41, 5.74) is 2.91. The second-order valence-corrected chi connectivity index (χ2v) is 6.11. The summed E-state index contributed by atoms with van der Waals surface area (Å²) in [6, 6.07) is 15.6. The maximum Gasteiger partial charge on any atom is 0.221 e. The third-order valence-electron chi connectivity index (χ3n) is 4.17. The van der Waals surface area contributed by atoms with Crippen LogP contribution in [0.1, 0.15) is 49.3 Å². The average molecular weight is 311 g/mol. The lowest BCUT2D eigenvalue weighted by Gasteiger charge is -2.21. The normalized spacial score (nSPS) is 13.3. The molecule has 2 rings (SSSR count). The number of aromatic hydroxyl groups is 1. The van der Waals surface area contributed by atoms with Crippen LogP contribution in [0.5, 0.6) is 5.75 Å². The molecule has 3 nitrogen and oxygen atoms in total. The number of carbonyl (C=O) groups excluding carboxylic acids is 1. The molecule has 1 amide bonds. The topological polar surface area (TPSA) is 49.3 Å². The fraction of sp³-hybridized carbons (Fsp3) is 0.350. The average Bonchev–Trinajstić information content (AvgIpc) is 2.55. The van der Waals surface area contributed by atoms with Gasteiger partial charge in [0.1, 0.15) is 5.75 Å². The Morgan fingerprint density at radius 1 is 1.17 bits per heavy atom. The highest BCUT2D eigenvalue weighted by Gasteiger charge is 2.21. The van der Waals surface area contributed by atoms with E-state index < -0.39 is 0 Å². The van der Waals surface area contributed by atoms with Crippen molar-refractivity contribution in [3.05, 3.63) is 65.2 Å². The molecule has 0 fully saturated rings. The van der Waals surface area contributed by atoms with Crippen molar-refractivity contribution in [3.63, 3.8) is 0 Å². The molecule has 0 spiro atoms. The third kappa shape index (κ3) is 4.59. The number of rotatable bonds is 6. The summed E-state index contributed by atoms with van der Waals surface area (Å²) in [5, 5.41) is 13.3. The Morgan fingerprint density at radius 2 is 1.87 bits per heavy atom. The lowest BCUT2D eigenvalue weighted by Crippen LogP contribution is -2.33. The summed E-state index contributed by atoms with van der Waals surface area (Å²) in [7, 11) is 0. The highest BCUT2D eigenvalue weighted by Crippen LogP contribution is 2.34. The molecule has 122 valence electrons. The van der Waals surface area contributed by atoms with Gasteiger partial charge >= 0.3 is 0 Å². The van der Waals surface area contributed by atoms with Gasteiger partial charge in [0.15, 0.2) is 0 Å². The first kappa shape index (κ1) is 17.1. The van der Waals surface area contributed by atoms with E-state index in [1.165, 1.54) is 0 Å². The zero-order valence-electron chi connectivity index (χ0n) is 14.0. The van der Waals surface area contributed by atoms with Crippen molar-refractivity contribution in [3.8, 4) is 5.75 Å². The molecule has 2 N–H and O–H groups in total. The van der Waals surface area contributed by atoms with E-state index in [1.807, 2.05) is 63.2 Å². The SMILES string of the molecule is CC[C@H](C)NC(=O)C[C@H](c1ccccc1)c1cc(C)ccc1O. The number of nitrogens with one attached hydrogen (secondary N) is 1. The maximum absolute atomic E-state index is 12.4. The van der Waals surface area contributed by atoms with Gasteiger partial charge in [-0.2, -0.15) is 0 Å². The monoisotopic (exact) mass is 311 g/mol. The van der Waals surface area contributed by atoms with Gasteiger partial charge < -0.3 is 10.4 Å². The first-order valence-electron chi connectivity index (χ1n) is 8.15. The molecule has 2 atom stereocenters. The van der Waals surface area contributed by atoms with Gasteiger partial charge in [-0.15, -0.1) is 0 Å². The van der Waals surface area contributed by atoms with Crippen LogP contribution in [-0.2, 0) is 4.79 Å². The quantitative estimate of drug-likeness (QED) is 0.842. The number of hydrogen-bond donors (Lipinski definition) is 2. The van der Waals surface area contributed by atoms with Crippen molar-refractivity contribution in [1.29, 1.82) is 0 Å². The van der Waals surface area contributed by atoms with Crippen LogP contribution >= 0.6 is 0 Å². The fourth-order valence-electron chi connectivity index (χ4n) is 2.67. The van der Waals surface area contributed by atoms with Gasteiger partial charge in [0.2, 0.25) is 5.91 Å². The van der Waals surface area contributed by atoms with Crippen LogP contribution in [0, 0.1) is 6.92 Å². The zero-order chi connectivity index (χ0) is 16.8. The standard InChI is InChI=1S/C20H25NO2/c1-4-15(3)21-20(23)13-17(16-8-6-5-7-9-16)18-12-14(2)10-11-19(18)22/h5-12,15,17,22H,4,13H2,1-3H3,(H,21,23)/t15-,17+/m0/s1. The predicted octanol–water partition coefficient (Wildman–Crippen LogP) is 4.14. The molecule has 0 saturated heterocycles. The van der Waals surface area contributed by atoms with E-state index in [0.29, 0.717) is 6.42 Å². The Hall–Kier alpha value is -2.29. The summed E-state index contributed by atoms with van der Waals surface area (Å²) < 4.78 is 0. The Morgan fingerprint density at radius 3 is 2.52 bits per heavy atom. The molecule has 0 aliphatic rings. The van der Waals surface area contributed by atoms with Gasteiger partial charge in [0, 0.05) is 23.9 Å². The molecule has 2 aromatic carbocycles. The van der Waals surface area contributed by atoms with Gasteiger partial charge in [-0.3, -0.25) is 4.79 Å². The van der Waals surface area contributed by atoms with Gasteiger partial charge in [-0.05, 0) is 31.9 Å². The van der Waals surface area contributed by atoms with Crippen LogP contribution < -0.4 is 5.32 Å². The second-order valence-electron chi connectivity index (χ2n) is 6.11. The van der Waals surface area contributed by atoms with Crippen molar-refractivity contribution in [2.45, 2.75) is 45.6 Å². The molecular weight excluding hydrogens is 286 g/mol. The minimum atomic E-state index is -0.153. The van der Waals surface area contributed by atoms with E-state index in [4.69, 9.17) is 0 Å². The summed E-state index contributed by atoms with van der Waals surface area (Å²) in [5.74, 6) is 0.0926. The van der Waals surface area contributed by atoms with Crippen molar-refractivity contribution < 1.29 is 9.90 Å². The number of phenols is 1. The van der Waals surface area contributed by atoms with Gasteiger partial charge in [0.05, 0.1) is 0 Å². The summed E-state index contributed by atoms with van der Waals surface area (Å²) >= 11 is 0. The Bertz CT molecular complexity index is 652. The van der Waals surface area contributed by atoms with E-state index >= 15 is 0 Å². The van der Waals surface area contributed by atoms with E-state index in [0.717, 1.165) is 23.1 Å². The van der Waals surface area contributed by atoms with E-state index in [9.17, 15) is 9.90 Å². The number of carbonyl (C=O) groups is 1. The number of phenolic OH excluding ortho intramolecular Hbond substituents is 1. The van der Waals surface area contributed by atoms with Crippen LogP contribution in [0.3, 0.4) is 0 Å². The highest BCUT2D eigenvalue weighted by atomic mass is 16.3. The van der Waals surface area contributed by atoms with Crippen LogP contribution in [0.15, 0.2) is 48.5 Å². The Labute approximate surface area is 138 Å². The first-order chi connectivity index (χ1) is 11.0. The van der Waals surface area contributed by atoms with E-state index in [-0.39, 0.29) is 23.6 Å². The third-order valence-corrected chi connectivity index (χ3v) is 4.17. The number of aryl methyl sites for hydroxylation is 1.